The van der Waals surface area contributed by atoms with Crippen LogP contribution in [0.5, 0.6) is 11.5 Å². The van der Waals surface area contributed by atoms with Gasteiger partial charge in [-0.1, -0.05) is 29.8 Å². The maximum Gasteiger partial charge on any atom is 0.120 e. The summed E-state index contributed by atoms with van der Waals surface area (Å²) < 4.78 is 5.26. The summed E-state index contributed by atoms with van der Waals surface area (Å²) in [5.41, 5.74) is 3.23. The zero-order chi connectivity index (χ0) is 15.4. The van der Waals surface area contributed by atoms with Gasteiger partial charge in [-0.15, -0.1) is 0 Å². The second kappa shape index (κ2) is 6.64. The maximum atomic E-state index is 10.0. The van der Waals surface area contributed by atoms with Gasteiger partial charge in [-0.2, -0.15) is 0 Å². The molecule has 0 aliphatic carbocycles. The van der Waals surface area contributed by atoms with Crippen molar-refractivity contribution in [3.63, 3.8) is 0 Å². The van der Waals surface area contributed by atoms with Gasteiger partial charge in [0.15, 0.2) is 0 Å². The van der Waals surface area contributed by atoms with E-state index in [1.54, 1.807) is 13.2 Å². The van der Waals surface area contributed by atoms with Crippen LogP contribution in [0.1, 0.15) is 42.6 Å². The lowest BCUT2D eigenvalue weighted by atomic mass is 10.0. The van der Waals surface area contributed by atoms with E-state index in [0.29, 0.717) is 5.75 Å². The molecular formula is C18H23NO2. The third-order valence-corrected chi connectivity index (χ3v) is 3.74. The largest absolute Gasteiger partial charge is 0.508 e. The number of hydrogen-bond donors (Lipinski definition) is 2. The van der Waals surface area contributed by atoms with Crippen molar-refractivity contribution in [2.24, 2.45) is 0 Å². The van der Waals surface area contributed by atoms with E-state index in [2.05, 4.69) is 25.2 Å². The molecule has 0 amide bonds. The molecule has 0 aliphatic rings. The second-order valence-electron chi connectivity index (χ2n) is 5.45. The molecule has 2 rings (SSSR count). The molecule has 0 aromatic heterocycles. The number of aromatic hydroxyl groups is 1. The zero-order valence-corrected chi connectivity index (χ0v) is 13.1. The molecule has 0 spiro atoms. The number of phenolic OH excluding ortho intramolecular Hbond substituents is 1. The summed E-state index contributed by atoms with van der Waals surface area (Å²) in [7, 11) is 1.67. The van der Waals surface area contributed by atoms with Gasteiger partial charge in [-0.3, -0.25) is 0 Å². The van der Waals surface area contributed by atoms with Gasteiger partial charge in [0.05, 0.1) is 7.11 Å². The van der Waals surface area contributed by atoms with Crippen molar-refractivity contribution in [3.8, 4) is 11.5 Å². The van der Waals surface area contributed by atoms with Gasteiger partial charge >= 0.3 is 0 Å². The smallest absolute Gasteiger partial charge is 0.120 e. The molecule has 2 aromatic carbocycles. The number of aryl methyl sites for hydroxylation is 1. The Balaban J connectivity index is 2.14. The Morgan fingerprint density at radius 2 is 1.81 bits per heavy atom. The Bertz CT molecular complexity index is 610. The minimum Gasteiger partial charge on any atom is -0.508 e. The Morgan fingerprint density at radius 1 is 1.05 bits per heavy atom. The molecule has 3 nitrogen and oxygen atoms in total. The average Bonchev–Trinajstić information content (AvgIpc) is 2.49. The van der Waals surface area contributed by atoms with Crippen LogP contribution in [-0.2, 0) is 0 Å². The fourth-order valence-electron chi connectivity index (χ4n) is 2.49. The standard InChI is InChI=1S/C18H23NO2/c1-12-8-9-18(20)17(10-12)14(3)19-13(2)15-6-5-7-16(11-15)21-4/h5-11,13-14,19-20H,1-4H3/t13-,14?/m0/s1. The molecule has 21 heavy (non-hydrogen) atoms. The first-order valence-corrected chi connectivity index (χ1v) is 7.20. The van der Waals surface area contributed by atoms with Crippen LogP contribution in [0.15, 0.2) is 42.5 Å². The highest BCUT2D eigenvalue weighted by Crippen LogP contribution is 2.28. The Hall–Kier alpha value is -2.00. The number of phenols is 1. The molecule has 0 radical (unpaired) electrons. The summed E-state index contributed by atoms with van der Waals surface area (Å²) in [5.74, 6) is 1.19. The number of methoxy groups -OCH3 is 1. The van der Waals surface area contributed by atoms with Gasteiger partial charge in [0.25, 0.3) is 0 Å². The highest BCUT2D eigenvalue weighted by Gasteiger charge is 2.14. The molecule has 0 heterocycles. The van der Waals surface area contributed by atoms with Crippen molar-refractivity contribution in [1.82, 2.24) is 5.32 Å². The summed E-state index contributed by atoms with van der Waals surface area (Å²) in [6.07, 6.45) is 0. The molecule has 3 heteroatoms. The minimum absolute atomic E-state index is 0.0612. The van der Waals surface area contributed by atoms with Crippen LogP contribution in [-0.4, -0.2) is 12.2 Å². The third kappa shape index (κ3) is 3.76. The molecule has 2 aromatic rings. The summed E-state index contributed by atoms with van der Waals surface area (Å²) in [6, 6.07) is 13.9. The Morgan fingerprint density at radius 3 is 2.52 bits per heavy atom. The fourth-order valence-corrected chi connectivity index (χ4v) is 2.49. The first kappa shape index (κ1) is 15.4. The monoisotopic (exact) mass is 285 g/mol. The van der Waals surface area contributed by atoms with Crippen molar-refractivity contribution in [3.05, 3.63) is 59.2 Å². The van der Waals surface area contributed by atoms with Gasteiger partial charge < -0.3 is 15.2 Å². The number of ether oxygens (including phenoxy) is 1. The van der Waals surface area contributed by atoms with Crippen molar-refractivity contribution in [2.75, 3.05) is 7.11 Å². The lowest BCUT2D eigenvalue weighted by molar-refractivity contribution is 0.411. The number of rotatable bonds is 5. The minimum atomic E-state index is 0.0612. The van der Waals surface area contributed by atoms with E-state index in [0.717, 1.165) is 22.4 Å². The van der Waals surface area contributed by atoms with E-state index in [-0.39, 0.29) is 12.1 Å². The fraction of sp³-hybridized carbons (Fsp3) is 0.333. The Kier molecular flexibility index (Phi) is 4.86. The molecule has 0 aliphatic heterocycles. The van der Waals surface area contributed by atoms with Crippen LogP contribution in [0, 0.1) is 6.92 Å². The van der Waals surface area contributed by atoms with Gasteiger partial charge in [0, 0.05) is 17.6 Å². The summed E-state index contributed by atoms with van der Waals surface area (Å²) in [4.78, 5) is 0. The van der Waals surface area contributed by atoms with Gasteiger partial charge in [-0.25, -0.2) is 0 Å². The molecule has 0 saturated heterocycles. The summed E-state index contributed by atoms with van der Waals surface area (Å²) in [5, 5.41) is 13.5. The van der Waals surface area contributed by atoms with Crippen molar-refractivity contribution < 1.29 is 9.84 Å². The first-order chi connectivity index (χ1) is 10.0. The lowest BCUT2D eigenvalue weighted by Crippen LogP contribution is -2.22. The van der Waals surface area contributed by atoms with Crippen LogP contribution in [0.4, 0.5) is 0 Å². The molecule has 0 fully saturated rings. The molecule has 112 valence electrons. The SMILES string of the molecule is COc1cccc([C@H](C)NC(C)c2cc(C)ccc2O)c1. The summed E-state index contributed by atoms with van der Waals surface area (Å²) >= 11 is 0. The quantitative estimate of drug-likeness (QED) is 0.868. The van der Waals surface area contributed by atoms with E-state index in [4.69, 9.17) is 4.74 Å². The topological polar surface area (TPSA) is 41.5 Å². The molecule has 2 atom stereocenters. The highest BCUT2D eigenvalue weighted by atomic mass is 16.5. The Labute approximate surface area is 126 Å². The third-order valence-electron chi connectivity index (χ3n) is 3.74. The van der Waals surface area contributed by atoms with Crippen LogP contribution < -0.4 is 10.1 Å². The normalized spacial score (nSPS) is 13.7. The van der Waals surface area contributed by atoms with Gasteiger partial charge in [0.2, 0.25) is 0 Å². The first-order valence-electron chi connectivity index (χ1n) is 7.20. The molecule has 1 unspecified atom stereocenters. The average molecular weight is 285 g/mol. The van der Waals surface area contributed by atoms with Crippen molar-refractivity contribution >= 4 is 0 Å². The van der Waals surface area contributed by atoms with Crippen LogP contribution in [0.25, 0.3) is 0 Å². The maximum absolute atomic E-state index is 10.0. The molecule has 2 N–H and O–H groups in total. The van der Waals surface area contributed by atoms with Gasteiger partial charge in [-0.05, 0) is 44.5 Å². The summed E-state index contributed by atoms with van der Waals surface area (Å²) in [6.45, 7) is 6.20. The number of nitrogens with one attached hydrogen (secondary N) is 1. The van der Waals surface area contributed by atoms with Crippen molar-refractivity contribution in [2.45, 2.75) is 32.9 Å². The zero-order valence-electron chi connectivity index (χ0n) is 13.1. The van der Waals surface area contributed by atoms with E-state index < -0.39 is 0 Å². The number of hydrogen-bond acceptors (Lipinski definition) is 3. The lowest BCUT2D eigenvalue weighted by Gasteiger charge is -2.22. The van der Waals surface area contributed by atoms with Crippen LogP contribution in [0.3, 0.4) is 0 Å². The molecule has 0 saturated carbocycles. The molecule has 0 bridgehead atoms. The number of benzene rings is 2. The molecular weight excluding hydrogens is 262 g/mol. The van der Waals surface area contributed by atoms with E-state index in [1.165, 1.54) is 0 Å². The van der Waals surface area contributed by atoms with E-state index >= 15 is 0 Å². The van der Waals surface area contributed by atoms with Crippen LogP contribution >= 0.6 is 0 Å². The highest BCUT2D eigenvalue weighted by molar-refractivity contribution is 5.38. The second-order valence-corrected chi connectivity index (χ2v) is 5.45. The predicted octanol–water partition coefficient (Wildman–Crippen LogP) is 4.12. The van der Waals surface area contributed by atoms with E-state index in [9.17, 15) is 5.11 Å². The van der Waals surface area contributed by atoms with E-state index in [1.807, 2.05) is 37.3 Å². The van der Waals surface area contributed by atoms with Gasteiger partial charge in [0.1, 0.15) is 11.5 Å². The van der Waals surface area contributed by atoms with Crippen LogP contribution in [0.2, 0.25) is 0 Å². The van der Waals surface area contributed by atoms with Crippen molar-refractivity contribution in [1.29, 1.82) is 0 Å². The predicted molar refractivity (Wildman–Crippen MR) is 85.8 cm³/mol.